The minimum atomic E-state index is -0.224. The van der Waals surface area contributed by atoms with Gasteiger partial charge in [-0.1, -0.05) is 30.3 Å². The van der Waals surface area contributed by atoms with Crippen LogP contribution in [0.2, 0.25) is 0 Å². The molecule has 0 spiro atoms. The van der Waals surface area contributed by atoms with Crippen LogP contribution in [-0.2, 0) is 4.79 Å². The van der Waals surface area contributed by atoms with Gasteiger partial charge in [0, 0.05) is 13.1 Å². The third kappa shape index (κ3) is 3.20. The van der Waals surface area contributed by atoms with Gasteiger partial charge in [0.05, 0.1) is 5.70 Å². The minimum Gasteiger partial charge on any atom is -0.325 e. The van der Waals surface area contributed by atoms with E-state index in [2.05, 4.69) is 5.32 Å². The molecule has 4 heteroatoms. The Morgan fingerprint density at radius 3 is 2.50 bits per heavy atom. The number of carbonyl (C=O) groups is 1. The molecule has 0 aliphatic carbocycles. The third-order valence-corrected chi connectivity index (χ3v) is 2.86. The van der Waals surface area contributed by atoms with Crippen molar-refractivity contribution in [2.24, 2.45) is 0 Å². The van der Waals surface area contributed by atoms with Crippen molar-refractivity contribution in [2.75, 3.05) is 13.1 Å². The number of hydrogen-bond acceptors (Lipinski definition) is 2. The maximum absolute atomic E-state index is 11.8. The Morgan fingerprint density at radius 1 is 1.22 bits per heavy atom. The molecule has 1 heterocycles. The molecule has 93 valence electrons. The molecule has 4 nitrogen and oxygen atoms in total. The van der Waals surface area contributed by atoms with Gasteiger partial charge in [0.2, 0.25) is 0 Å². The average Bonchev–Trinajstić information content (AvgIpc) is 2.93. The van der Waals surface area contributed by atoms with E-state index in [0.717, 1.165) is 31.5 Å². The summed E-state index contributed by atoms with van der Waals surface area (Å²) in [5.74, 6) is 0. The van der Waals surface area contributed by atoms with Crippen LogP contribution in [0.25, 0.3) is 6.08 Å². The number of nitrogens with one attached hydrogen (secondary N) is 1. The van der Waals surface area contributed by atoms with E-state index in [0.29, 0.717) is 0 Å². The van der Waals surface area contributed by atoms with Crippen LogP contribution in [-0.4, -0.2) is 30.3 Å². The molecule has 1 radical (unpaired) electrons. The van der Waals surface area contributed by atoms with Crippen LogP contribution < -0.4 is 5.32 Å². The molecule has 2 amide bonds. The molecule has 1 fully saturated rings. The molecular weight excluding hydrogens is 228 g/mol. The predicted octanol–water partition coefficient (Wildman–Crippen LogP) is 1.94. The van der Waals surface area contributed by atoms with E-state index >= 15 is 0 Å². The first kappa shape index (κ1) is 12.4. The maximum atomic E-state index is 11.8. The van der Waals surface area contributed by atoms with E-state index in [-0.39, 0.29) is 11.7 Å². The molecule has 1 aromatic carbocycles. The molecule has 0 bridgehead atoms. The number of carbonyl (C=O) groups excluding carboxylic acids is 2. The summed E-state index contributed by atoms with van der Waals surface area (Å²) in [6, 6.07) is 9.13. The molecule has 1 aliphatic rings. The predicted molar refractivity (Wildman–Crippen MR) is 69.5 cm³/mol. The van der Waals surface area contributed by atoms with Crippen molar-refractivity contribution in [3.05, 3.63) is 41.6 Å². The quantitative estimate of drug-likeness (QED) is 0.825. The summed E-state index contributed by atoms with van der Waals surface area (Å²) in [6.45, 7) is 1.51. The largest absolute Gasteiger partial charge is 0.325 e. The zero-order chi connectivity index (χ0) is 12.8. The summed E-state index contributed by atoms with van der Waals surface area (Å²) in [4.78, 5) is 24.3. The summed E-state index contributed by atoms with van der Waals surface area (Å²) in [5.41, 5.74) is 1.02. The molecule has 0 aromatic heterocycles. The molecule has 1 aromatic rings. The number of rotatable bonds is 3. The first-order valence-corrected chi connectivity index (χ1v) is 6.00. The molecule has 1 N–H and O–H groups in total. The number of allylic oxidation sites excluding steroid dienone is 1. The summed E-state index contributed by atoms with van der Waals surface area (Å²) in [6.07, 6.45) is 5.42. The number of nitrogens with zero attached hydrogens (tertiary/aromatic N) is 1. The lowest BCUT2D eigenvalue weighted by molar-refractivity contribution is 0.212. The van der Waals surface area contributed by atoms with Crippen molar-refractivity contribution < 1.29 is 9.59 Å². The third-order valence-electron chi connectivity index (χ3n) is 2.86. The molecule has 2 rings (SSSR count). The Bertz CT molecular complexity index is 448. The first-order chi connectivity index (χ1) is 8.79. The Balaban J connectivity index is 2.03. The monoisotopic (exact) mass is 243 g/mol. The standard InChI is InChI=1S/C14H15N2O2/c17-11-13(10-12-6-2-1-3-7-12)15-14(18)16-8-4-5-9-16/h1-3,6-7,10H,4-5,8-9H2,(H,15,18). The maximum Gasteiger partial charge on any atom is 0.321 e. The number of benzene rings is 1. The van der Waals surface area contributed by atoms with Crippen LogP contribution in [0.15, 0.2) is 36.0 Å². The lowest BCUT2D eigenvalue weighted by Gasteiger charge is -2.15. The van der Waals surface area contributed by atoms with E-state index in [9.17, 15) is 9.59 Å². The highest BCUT2D eigenvalue weighted by Crippen LogP contribution is 2.08. The zero-order valence-electron chi connectivity index (χ0n) is 10.1. The van der Waals surface area contributed by atoms with Crippen molar-refractivity contribution in [1.82, 2.24) is 10.2 Å². The first-order valence-electron chi connectivity index (χ1n) is 6.00. The topological polar surface area (TPSA) is 49.4 Å². The minimum absolute atomic E-state index is 0.165. The summed E-state index contributed by atoms with van der Waals surface area (Å²) >= 11 is 0. The van der Waals surface area contributed by atoms with E-state index in [4.69, 9.17) is 0 Å². The molecule has 0 unspecified atom stereocenters. The molecule has 1 aliphatic heterocycles. The van der Waals surface area contributed by atoms with Crippen LogP contribution >= 0.6 is 0 Å². The fourth-order valence-electron chi connectivity index (χ4n) is 1.92. The van der Waals surface area contributed by atoms with E-state index in [1.165, 1.54) is 0 Å². The Hall–Kier alpha value is -2.10. The highest BCUT2D eigenvalue weighted by Gasteiger charge is 2.18. The van der Waals surface area contributed by atoms with E-state index in [1.807, 2.05) is 30.3 Å². The number of amides is 2. The van der Waals surface area contributed by atoms with E-state index in [1.54, 1.807) is 17.3 Å². The highest BCUT2D eigenvalue weighted by atomic mass is 16.2. The van der Waals surface area contributed by atoms with Gasteiger partial charge in [0.15, 0.2) is 0 Å². The van der Waals surface area contributed by atoms with Crippen LogP contribution in [0, 0.1) is 0 Å². The van der Waals surface area contributed by atoms with Crippen LogP contribution in [0.4, 0.5) is 4.79 Å². The van der Waals surface area contributed by atoms with Gasteiger partial charge in [-0.3, -0.25) is 4.79 Å². The Morgan fingerprint density at radius 2 is 1.89 bits per heavy atom. The lowest BCUT2D eigenvalue weighted by Crippen LogP contribution is -2.37. The fraction of sp³-hybridized carbons (Fsp3) is 0.286. The van der Waals surface area contributed by atoms with Gasteiger partial charge in [0.1, 0.15) is 0 Å². The highest BCUT2D eigenvalue weighted by molar-refractivity contribution is 5.89. The lowest BCUT2D eigenvalue weighted by atomic mass is 10.2. The summed E-state index contributed by atoms with van der Waals surface area (Å²) < 4.78 is 0. The number of hydrogen-bond donors (Lipinski definition) is 1. The second-order valence-electron chi connectivity index (χ2n) is 4.20. The van der Waals surface area contributed by atoms with Gasteiger partial charge >= 0.3 is 6.03 Å². The smallest absolute Gasteiger partial charge is 0.321 e. The number of likely N-dealkylation sites (tertiary alicyclic amines) is 1. The normalized spacial score (nSPS) is 15.6. The van der Waals surface area contributed by atoms with Crippen molar-refractivity contribution in [3.63, 3.8) is 0 Å². The van der Waals surface area contributed by atoms with Gasteiger partial charge < -0.3 is 10.2 Å². The van der Waals surface area contributed by atoms with Crippen LogP contribution in [0.1, 0.15) is 18.4 Å². The molecule has 18 heavy (non-hydrogen) atoms. The molecule has 0 atom stereocenters. The molecular formula is C14H15N2O2. The summed E-state index contributed by atoms with van der Waals surface area (Å²) in [5, 5.41) is 2.58. The van der Waals surface area contributed by atoms with Gasteiger partial charge in [-0.25, -0.2) is 4.79 Å². The Labute approximate surface area is 106 Å². The summed E-state index contributed by atoms with van der Waals surface area (Å²) in [7, 11) is 0. The molecule has 1 saturated heterocycles. The van der Waals surface area contributed by atoms with Gasteiger partial charge in [-0.15, -0.1) is 0 Å². The number of urea groups is 1. The fourth-order valence-corrected chi connectivity index (χ4v) is 1.92. The van der Waals surface area contributed by atoms with Gasteiger partial charge in [-0.2, -0.15) is 0 Å². The van der Waals surface area contributed by atoms with Gasteiger partial charge in [-0.05, 0) is 24.5 Å². The van der Waals surface area contributed by atoms with Gasteiger partial charge in [0.25, 0.3) is 6.29 Å². The second-order valence-corrected chi connectivity index (χ2v) is 4.20. The van der Waals surface area contributed by atoms with Crippen molar-refractivity contribution >= 4 is 18.4 Å². The Kier molecular flexibility index (Phi) is 4.12. The second kappa shape index (κ2) is 6.00. The van der Waals surface area contributed by atoms with Crippen LogP contribution in [0.5, 0.6) is 0 Å². The van der Waals surface area contributed by atoms with Crippen molar-refractivity contribution in [2.45, 2.75) is 12.8 Å². The van der Waals surface area contributed by atoms with Crippen LogP contribution in [0.3, 0.4) is 0 Å². The molecule has 0 saturated carbocycles. The average molecular weight is 243 g/mol. The van der Waals surface area contributed by atoms with Crippen molar-refractivity contribution in [1.29, 1.82) is 0 Å². The zero-order valence-corrected chi connectivity index (χ0v) is 10.1. The van der Waals surface area contributed by atoms with E-state index < -0.39 is 0 Å². The van der Waals surface area contributed by atoms with Crippen molar-refractivity contribution in [3.8, 4) is 0 Å². The SMILES string of the molecule is O=[C]C(=Cc1ccccc1)NC(=O)N1CCCC1.